The van der Waals surface area contributed by atoms with E-state index in [0.717, 1.165) is 46.5 Å². The summed E-state index contributed by atoms with van der Waals surface area (Å²) in [4.78, 5) is 16.7. The van der Waals surface area contributed by atoms with Gasteiger partial charge in [0, 0.05) is 29.9 Å². The van der Waals surface area contributed by atoms with E-state index in [1.165, 1.54) is 17.7 Å². The topological polar surface area (TPSA) is 41.9 Å². The molecule has 1 aliphatic heterocycles. The summed E-state index contributed by atoms with van der Waals surface area (Å²) in [6.07, 6.45) is 7.57. The number of rotatable bonds is 3. The summed E-state index contributed by atoms with van der Waals surface area (Å²) in [7, 11) is 0. The Morgan fingerprint density at radius 3 is 2.81 bits per heavy atom. The second kappa shape index (κ2) is 6.70. The van der Waals surface area contributed by atoms with Gasteiger partial charge in [0.25, 0.3) is 0 Å². The molecule has 0 saturated carbocycles. The number of fused-ring (bicyclic) bond motifs is 1. The van der Waals surface area contributed by atoms with E-state index >= 15 is 0 Å². The number of hydrogen-bond donors (Lipinski definition) is 0. The van der Waals surface area contributed by atoms with Crippen LogP contribution in [-0.4, -0.2) is 21.5 Å². The van der Waals surface area contributed by atoms with Crippen molar-refractivity contribution in [2.75, 3.05) is 11.4 Å². The minimum Gasteiger partial charge on any atom is -0.349 e. The van der Waals surface area contributed by atoms with Crippen LogP contribution in [0.25, 0.3) is 21.3 Å². The minimum atomic E-state index is -0.231. The van der Waals surface area contributed by atoms with Gasteiger partial charge in [-0.1, -0.05) is 18.2 Å². The second-order valence-corrected chi connectivity index (χ2v) is 7.53. The molecule has 6 heteroatoms. The molecular weight excluding hydrogens is 359 g/mol. The standard InChI is InChI=1S/C21H17FN4S/c22-16-7-5-14(6-8-16)17-12-27-21-19(17)20(24-13-25-21)26-10-2-4-18(26)15-3-1-9-23-11-15/h1,3,5-9,11-13,18H,2,4,10H2/t18-/m0/s1. The third kappa shape index (κ3) is 2.86. The van der Waals surface area contributed by atoms with E-state index in [2.05, 4.69) is 31.3 Å². The summed E-state index contributed by atoms with van der Waals surface area (Å²) in [5, 5.41) is 3.13. The van der Waals surface area contributed by atoms with Crippen molar-refractivity contribution in [3.05, 3.63) is 71.9 Å². The van der Waals surface area contributed by atoms with Crippen molar-refractivity contribution in [2.45, 2.75) is 18.9 Å². The summed E-state index contributed by atoms with van der Waals surface area (Å²) in [5.41, 5.74) is 3.25. The average molecular weight is 376 g/mol. The highest BCUT2D eigenvalue weighted by atomic mass is 32.1. The monoisotopic (exact) mass is 376 g/mol. The van der Waals surface area contributed by atoms with Gasteiger partial charge in [0.15, 0.2) is 0 Å². The highest BCUT2D eigenvalue weighted by Crippen LogP contribution is 2.42. The maximum Gasteiger partial charge on any atom is 0.141 e. The van der Waals surface area contributed by atoms with Gasteiger partial charge in [-0.05, 0) is 42.2 Å². The van der Waals surface area contributed by atoms with Gasteiger partial charge in [-0.15, -0.1) is 11.3 Å². The zero-order chi connectivity index (χ0) is 18.2. The highest BCUT2D eigenvalue weighted by Gasteiger charge is 2.29. The van der Waals surface area contributed by atoms with Gasteiger partial charge < -0.3 is 4.90 Å². The fourth-order valence-electron chi connectivity index (χ4n) is 3.86. The molecule has 0 radical (unpaired) electrons. The minimum absolute atomic E-state index is 0.231. The zero-order valence-electron chi connectivity index (χ0n) is 14.5. The Morgan fingerprint density at radius 2 is 2.00 bits per heavy atom. The van der Waals surface area contributed by atoms with Crippen molar-refractivity contribution in [1.82, 2.24) is 15.0 Å². The highest BCUT2D eigenvalue weighted by molar-refractivity contribution is 7.17. The van der Waals surface area contributed by atoms with Gasteiger partial charge in [-0.2, -0.15) is 0 Å². The smallest absolute Gasteiger partial charge is 0.141 e. The first-order chi connectivity index (χ1) is 13.3. The number of thiophene rings is 1. The summed E-state index contributed by atoms with van der Waals surface area (Å²) >= 11 is 1.60. The Kier molecular flexibility index (Phi) is 4.05. The van der Waals surface area contributed by atoms with E-state index in [1.54, 1.807) is 23.9 Å². The van der Waals surface area contributed by atoms with Crippen LogP contribution in [0.15, 0.2) is 60.5 Å². The average Bonchev–Trinajstić information content (AvgIpc) is 3.36. The Hall–Kier alpha value is -2.86. The number of pyridine rings is 1. The van der Waals surface area contributed by atoms with Crippen LogP contribution in [0.5, 0.6) is 0 Å². The fourth-order valence-corrected chi connectivity index (χ4v) is 4.77. The molecule has 4 aromatic rings. The SMILES string of the molecule is Fc1ccc(-c2csc3ncnc(N4CCC[C@H]4c4cccnc4)c23)cc1. The summed E-state index contributed by atoms with van der Waals surface area (Å²) in [6.45, 7) is 0.949. The number of aromatic nitrogens is 3. The third-order valence-electron chi connectivity index (χ3n) is 5.10. The van der Waals surface area contributed by atoms with Crippen LogP contribution >= 0.6 is 11.3 Å². The number of benzene rings is 1. The summed E-state index contributed by atoms with van der Waals surface area (Å²) in [6, 6.07) is 11.0. The molecule has 0 aliphatic carbocycles. The van der Waals surface area contributed by atoms with Crippen LogP contribution in [0.3, 0.4) is 0 Å². The van der Waals surface area contributed by atoms with Crippen LogP contribution in [0.2, 0.25) is 0 Å². The predicted molar refractivity (Wildman–Crippen MR) is 106 cm³/mol. The molecular formula is C21H17FN4S. The number of halogens is 1. The van der Waals surface area contributed by atoms with Gasteiger partial charge in [-0.3, -0.25) is 4.98 Å². The Balaban J connectivity index is 1.65. The Morgan fingerprint density at radius 1 is 1.11 bits per heavy atom. The number of anilines is 1. The van der Waals surface area contributed by atoms with Crippen molar-refractivity contribution in [2.24, 2.45) is 0 Å². The van der Waals surface area contributed by atoms with Crippen molar-refractivity contribution in [3.63, 3.8) is 0 Å². The van der Waals surface area contributed by atoms with Crippen molar-refractivity contribution < 1.29 is 4.39 Å². The lowest BCUT2D eigenvalue weighted by atomic mass is 10.0. The molecule has 1 aromatic carbocycles. The second-order valence-electron chi connectivity index (χ2n) is 6.67. The molecule has 0 bridgehead atoms. The number of nitrogens with zero attached hydrogens (tertiary/aromatic N) is 4. The van der Waals surface area contributed by atoms with E-state index in [9.17, 15) is 4.39 Å². The molecule has 4 nitrogen and oxygen atoms in total. The van der Waals surface area contributed by atoms with Crippen molar-refractivity contribution in [1.29, 1.82) is 0 Å². The first-order valence-corrected chi connectivity index (χ1v) is 9.84. The molecule has 0 amide bonds. The molecule has 0 unspecified atom stereocenters. The lowest BCUT2D eigenvalue weighted by molar-refractivity contribution is 0.628. The molecule has 4 heterocycles. The van der Waals surface area contributed by atoms with E-state index < -0.39 is 0 Å². The molecule has 3 aromatic heterocycles. The molecule has 1 aliphatic rings. The normalized spacial score (nSPS) is 16.9. The van der Waals surface area contributed by atoms with Gasteiger partial charge in [0.05, 0.1) is 11.4 Å². The third-order valence-corrected chi connectivity index (χ3v) is 5.99. The summed E-state index contributed by atoms with van der Waals surface area (Å²) in [5.74, 6) is 0.720. The molecule has 0 N–H and O–H groups in total. The molecule has 1 atom stereocenters. The maximum absolute atomic E-state index is 13.4. The lowest BCUT2D eigenvalue weighted by Gasteiger charge is -2.26. The number of hydrogen-bond acceptors (Lipinski definition) is 5. The van der Waals surface area contributed by atoms with E-state index in [4.69, 9.17) is 0 Å². The molecule has 1 saturated heterocycles. The van der Waals surface area contributed by atoms with Gasteiger partial charge in [0.1, 0.15) is 22.8 Å². The largest absolute Gasteiger partial charge is 0.349 e. The van der Waals surface area contributed by atoms with Gasteiger partial charge >= 0.3 is 0 Å². The van der Waals surface area contributed by atoms with Crippen molar-refractivity contribution in [3.8, 4) is 11.1 Å². The van der Waals surface area contributed by atoms with Crippen LogP contribution < -0.4 is 4.90 Å². The van der Waals surface area contributed by atoms with Crippen LogP contribution in [0.4, 0.5) is 10.2 Å². The van der Waals surface area contributed by atoms with Crippen LogP contribution in [0.1, 0.15) is 24.4 Å². The first-order valence-electron chi connectivity index (χ1n) is 8.96. The zero-order valence-corrected chi connectivity index (χ0v) is 15.4. The molecule has 0 spiro atoms. The predicted octanol–water partition coefficient (Wildman–Crippen LogP) is 5.23. The Labute approximate surface area is 160 Å². The van der Waals surface area contributed by atoms with Crippen molar-refractivity contribution >= 4 is 27.4 Å². The van der Waals surface area contributed by atoms with Crippen LogP contribution in [0, 0.1) is 5.82 Å². The van der Waals surface area contributed by atoms with E-state index in [0.29, 0.717) is 0 Å². The molecule has 27 heavy (non-hydrogen) atoms. The molecule has 134 valence electrons. The van der Waals surface area contributed by atoms with E-state index in [-0.39, 0.29) is 11.9 Å². The molecule has 1 fully saturated rings. The fraction of sp³-hybridized carbons (Fsp3) is 0.190. The summed E-state index contributed by atoms with van der Waals surface area (Å²) < 4.78 is 13.4. The molecule has 5 rings (SSSR count). The first kappa shape index (κ1) is 16.3. The lowest BCUT2D eigenvalue weighted by Crippen LogP contribution is -2.24. The van der Waals surface area contributed by atoms with E-state index in [1.807, 2.05) is 24.4 Å². The maximum atomic E-state index is 13.4. The Bertz CT molecular complexity index is 1080. The quantitative estimate of drug-likeness (QED) is 0.491. The van der Waals surface area contributed by atoms with Crippen LogP contribution in [-0.2, 0) is 0 Å². The van der Waals surface area contributed by atoms with Gasteiger partial charge in [-0.25, -0.2) is 14.4 Å². The van der Waals surface area contributed by atoms with Gasteiger partial charge in [0.2, 0.25) is 0 Å².